The van der Waals surface area contributed by atoms with Gasteiger partial charge in [-0.1, -0.05) is 42.5 Å². The molecule has 0 heterocycles. The van der Waals surface area contributed by atoms with E-state index in [1.807, 2.05) is 42.5 Å². The SMILES string of the molecule is CC(=O)OC1(OC(C)=O)C=CC(c2ccccc2)C=C1. The molecule has 0 aliphatic heterocycles. The normalized spacial score (nSPS) is 16.7. The second-order valence-corrected chi connectivity index (χ2v) is 4.56. The van der Waals surface area contributed by atoms with Crippen LogP contribution < -0.4 is 0 Å². The Morgan fingerprint density at radius 1 is 0.950 bits per heavy atom. The van der Waals surface area contributed by atoms with Gasteiger partial charge in [-0.3, -0.25) is 9.59 Å². The standard InChI is InChI=1S/C16H16O4/c1-12(17)19-16(20-13(2)18)10-8-15(9-11-16)14-6-4-3-5-7-14/h3-11,15H,1-2H3. The van der Waals surface area contributed by atoms with Crippen LogP contribution in [0, 0.1) is 0 Å². The minimum absolute atomic E-state index is 0.0652. The fraction of sp³-hybridized carbons (Fsp3) is 0.250. The smallest absolute Gasteiger partial charge is 0.306 e. The van der Waals surface area contributed by atoms with Crippen LogP contribution in [0.2, 0.25) is 0 Å². The highest BCUT2D eigenvalue weighted by Gasteiger charge is 2.34. The van der Waals surface area contributed by atoms with Gasteiger partial charge in [0.15, 0.2) is 0 Å². The number of hydrogen-bond acceptors (Lipinski definition) is 4. The van der Waals surface area contributed by atoms with Crippen LogP contribution in [0.3, 0.4) is 0 Å². The first-order chi connectivity index (χ1) is 9.51. The van der Waals surface area contributed by atoms with Gasteiger partial charge in [-0.05, 0) is 5.56 Å². The van der Waals surface area contributed by atoms with Gasteiger partial charge in [0.1, 0.15) is 0 Å². The van der Waals surface area contributed by atoms with E-state index in [2.05, 4.69) is 0 Å². The number of carbonyl (C=O) groups is 2. The van der Waals surface area contributed by atoms with Crippen LogP contribution in [-0.4, -0.2) is 17.7 Å². The summed E-state index contributed by atoms with van der Waals surface area (Å²) >= 11 is 0. The number of benzene rings is 1. The van der Waals surface area contributed by atoms with Crippen molar-refractivity contribution in [3.8, 4) is 0 Å². The van der Waals surface area contributed by atoms with Gasteiger partial charge in [-0.25, -0.2) is 0 Å². The summed E-state index contributed by atoms with van der Waals surface area (Å²) in [6, 6.07) is 9.86. The van der Waals surface area contributed by atoms with Gasteiger partial charge in [-0.15, -0.1) is 0 Å². The van der Waals surface area contributed by atoms with Crippen molar-refractivity contribution >= 4 is 11.9 Å². The second kappa shape index (κ2) is 5.74. The molecule has 104 valence electrons. The Morgan fingerprint density at radius 2 is 1.45 bits per heavy atom. The molecule has 1 aliphatic rings. The lowest BCUT2D eigenvalue weighted by Crippen LogP contribution is -2.36. The number of hydrogen-bond donors (Lipinski definition) is 0. The highest BCUT2D eigenvalue weighted by molar-refractivity contribution is 5.70. The molecule has 0 saturated carbocycles. The van der Waals surface area contributed by atoms with Crippen LogP contribution in [0.25, 0.3) is 0 Å². The summed E-state index contributed by atoms with van der Waals surface area (Å²) in [5, 5.41) is 0. The zero-order valence-corrected chi connectivity index (χ0v) is 11.4. The van der Waals surface area contributed by atoms with E-state index in [0.29, 0.717) is 0 Å². The Bertz CT molecular complexity index is 525. The van der Waals surface area contributed by atoms with Crippen LogP contribution >= 0.6 is 0 Å². The van der Waals surface area contributed by atoms with Crippen molar-refractivity contribution in [1.82, 2.24) is 0 Å². The van der Waals surface area contributed by atoms with Crippen LogP contribution in [0.1, 0.15) is 25.3 Å². The molecular weight excluding hydrogens is 256 g/mol. The molecule has 0 radical (unpaired) electrons. The molecule has 1 aliphatic carbocycles. The van der Waals surface area contributed by atoms with Crippen LogP contribution in [0.5, 0.6) is 0 Å². The number of ether oxygens (including phenoxy) is 2. The summed E-state index contributed by atoms with van der Waals surface area (Å²) in [6.45, 7) is 2.55. The summed E-state index contributed by atoms with van der Waals surface area (Å²) in [6.07, 6.45) is 6.88. The molecule has 4 nitrogen and oxygen atoms in total. The van der Waals surface area contributed by atoms with E-state index in [0.717, 1.165) is 5.56 Å². The Morgan fingerprint density at radius 3 is 1.90 bits per heavy atom. The molecule has 0 fully saturated rings. The fourth-order valence-corrected chi connectivity index (χ4v) is 2.10. The van der Waals surface area contributed by atoms with E-state index >= 15 is 0 Å². The number of rotatable bonds is 3. The molecular formula is C16H16O4. The van der Waals surface area contributed by atoms with E-state index in [4.69, 9.17) is 9.47 Å². The van der Waals surface area contributed by atoms with Gasteiger partial charge in [0, 0.05) is 31.9 Å². The molecule has 20 heavy (non-hydrogen) atoms. The second-order valence-electron chi connectivity index (χ2n) is 4.56. The topological polar surface area (TPSA) is 52.6 Å². The predicted molar refractivity (Wildman–Crippen MR) is 73.7 cm³/mol. The zero-order valence-electron chi connectivity index (χ0n) is 11.4. The Labute approximate surface area is 117 Å². The third-order valence-electron chi connectivity index (χ3n) is 2.86. The quantitative estimate of drug-likeness (QED) is 0.482. The monoisotopic (exact) mass is 272 g/mol. The lowest BCUT2D eigenvalue weighted by molar-refractivity contribution is -0.195. The highest BCUT2D eigenvalue weighted by atomic mass is 16.7. The first kappa shape index (κ1) is 14.1. The van der Waals surface area contributed by atoms with E-state index in [9.17, 15) is 9.59 Å². The van der Waals surface area contributed by atoms with E-state index < -0.39 is 17.7 Å². The maximum atomic E-state index is 11.2. The van der Waals surface area contributed by atoms with E-state index in [1.165, 1.54) is 13.8 Å². The summed E-state index contributed by atoms with van der Waals surface area (Å²) in [4.78, 5) is 22.3. The number of carbonyl (C=O) groups excluding carboxylic acids is 2. The fourth-order valence-electron chi connectivity index (χ4n) is 2.10. The number of esters is 2. The third kappa shape index (κ3) is 3.35. The number of allylic oxidation sites excluding steroid dienone is 2. The zero-order chi connectivity index (χ0) is 14.6. The van der Waals surface area contributed by atoms with Gasteiger partial charge in [0.25, 0.3) is 5.79 Å². The largest absolute Gasteiger partial charge is 0.415 e. The molecule has 0 amide bonds. The van der Waals surface area contributed by atoms with Gasteiger partial charge in [-0.2, -0.15) is 0 Å². The first-order valence-corrected chi connectivity index (χ1v) is 6.33. The van der Waals surface area contributed by atoms with Gasteiger partial charge in [0.2, 0.25) is 0 Å². The first-order valence-electron chi connectivity index (χ1n) is 6.33. The molecule has 0 saturated heterocycles. The minimum atomic E-state index is -1.43. The van der Waals surface area contributed by atoms with Gasteiger partial charge < -0.3 is 9.47 Å². The Hall–Kier alpha value is -2.36. The lowest BCUT2D eigenvalue weighted by Gasteiger charge is -2.29. The molecule has 0 N–H and O–H groups in total. The molecule has 1 aromatic rings. The molecule has 0 aromatic heterocycles. The van der Waals surface area contributed by atoms with Crippen molar-refractivity contribution in [2.45, 2.75) is 25.6 Å². The average molecular weight is 272 g/mol. The van der Waals surface area contributed by atoms with Gasteiger partial charge in [0.05, 0.1) is 0 Å². The molecule has 0 bridgehead atoms. The van der Waals surface area contributed by atoms with Crippen LogP contribution in [0.4, 0.5) is 0 Å². The van der Waals surface area contributed by atoms with Crippen molar-refractivity contribution in [2.75, 3.05) is 0 Å². The van der Waals surface area contributed by atoms with Crippen LogP contribution in [-0.2, 0) is 19.1 Å². The molecule has 1 aromatic carbocycles. The van der Waals surface area contributed by atoms with E-state index in [1.54, 1.807) is 12.2 Å². The van der Waals surface area contributed by atoms with Crippen molar-refractivity contribution in [3.05, 3.63) is 60.2 Å². The molecule has 0 atom stereocenters. The summed E-state index contributed by atoms with van der Waals surface area (Å²) in [7, 11) is 0. The van der Waals surface area contributed by atoms with Gasteiger partial charge >= 0.3 is 11.9 Å². The predicted octanol–water partition coefficient (Wildman–Crippen LogP) is 2.72. The maximum absolute atomic E-state index is 11.2. The third-order valence-corrected chi connectivity index (χ3v) is 2.86. The van der Waals surface area contributed by atoms with Crippen molar-refractivity contribution in [3.63, 3.8) is 0 Å². The van der Waals surface area contributed by atoms with Crippen molar-refractivity contribution in [1.29, 1.82) is 0 Å². The minimum Gasteiger partial charge on any atom is -0.415 e. The average Bonchev–Trinajstić information content (AvgIpc) is 2.39. The maximum Gasteiger partial charge on any atom is 0.306 e. The highest BCUT2D eigenvalue weighted by Crippen LogP contribution is 2.29. The van der Waals surface area contributed by atoms with Crippen LogP contribution in [0.15, 0.2) is 54.6 Å². The summed E-state index contributed by atoms with van der Waals surface area (Å²) < 4.78 is 10.2. The Kier molecular flexibility index (Phi) is 4.03. The molecule has 0 unspecified atom stereocenters. The van der Waals surface area contributed by atoms with Crippen molar-refractivity contribution < 1.29 is 19.1 Å². The summed E-state index contributed by atoms with van der Waals surface area (Å²) in [5.74, 6) is -2.39. The molecule has 2 rings (SSSR count). The van der Waals surface area contributed by atoms with Crippen molar-refractivity contribution in [2.24, 2.45) is 0 Å². The molecule has 4 heteroatoms. The summed E-state index contributed by atoms with van der Waals surface area (Å²) in [5.41, 5.74) is 1.11. The molecule has 0 spiro atoms. The Balaban J connectivity index is 2.21. The van der Waals surface area contributed by atoms with E-state index in [-0.39, 0.29) is 5.92 Å². The lowest BCUT2D eigenvalue weighted by atomic mass is 9.93.